The molecule has 0 atom stereocenters. The number of thiocarbonyl (C=S) groups is 2. The summed E-state index contributed by atoms with van der Waals surface area (Å²) in [6.07, 6.45) is 0.596. The molecule has 0 saturated heterocycles. The summed E-state index contributed by atoms with van der Waals surface area (Å²) in [6, 6.07) is 49.7. The third-order valence-corrected chi connectivity index (χ3v) is 12.5. The predicted octanol–water partition coefficient (Wildman–Crippen LogP) is 6.07. The summed E-state index contributed by atoms with van der Waals surface area (Å²) in [7, 11) is -0.415. The highest BCUT2D eigenvalue weighted by molar-refractivity contribution is 9.10. The van der Waals surface area contributed by atoms with E-state index in [0.29, 0.717) is 27.9 Å². The first-order valence-corrected chi connectivity index (χ1v) is 18.1. The molecule has 10 heteroatoms. The van der Waals surface area contributed by atoms with Gasteiger partial charge in [-0.05, 0) is 73.0 Å². The molecule has 0 unspecified atom stereocenters. The van der Waals surface area contributed by atoms with Crippen molar-refractivity contribution in [3.63, 3.8) is 0 Å². The minimum Gasteiger partial charge on any atom is -0.364 e. The van der Waals surface area contributed by atoms with Crippen LogP contribution in [0.3, 0.4) is 0 Å². The number of benzene rings is 5. The van der Waals surface area contributed by atoms with Crippen molar-refractivity contribution >= 4 is 85.2 Å². The van der Waals surface area contributed by atoms with E-state index in [4.69, 9.17) is 29.5 Å². The summed E-state index contributed by atoms with van der Waals surface area (Å²) in [5.41, 5.74) is 8.94. The van der Waals surface area contributed by atoms with Gasteiger partial charge in [-0.3, -0.25) is 10.9 Å². The van der Waals surface area contributed by atoms with Gasteiger partial charge in [-0.2, -0.15) is 10.2 Å². The van der Waals surface area contributed by atoms with Crippen molar-refractivity contribution in [2.24, 2.45) is 10.2 Å². The molecular formula is C36H33BrN6PS2+. The van der Waals surface area contributed by atoms with Crippen molar-refractivity contribution in [2.75, 3.05) is 13.3 Å². The van der Waals surface area contributed by atoms with Gasteiger partial charge >= 0.3 is 0 Å². The number of hydrogen-bond donors (Lipinski definition) is 4. The van der Waals surface area contributed by atoms with E-state index in [1.807, 2.05) is 54.6 Å². The Balaban J connectivity index is 1.51. The van der Waals surface area contributed by atoms with Crippen LogP contribution in [0.5, 0.6) is 0 Å². The topological polar surface area (TPSA) is 72.8 Å². The van der Waals surface area contributed by atoms with E-state index in [1.165, 1.54) is 15.9 Å². The molecule has 46 heavy (non-hydrogen) atoms. The number of hydrazone groups is 2. The number of nitrogens with zero attached hydrogens (tertiary/aromatic N) is 2. The van der Waals surface area contributed by atoms with Gasteiger partial charge in [0.25, 0.3) is 0 Å². The first kappa shape index (κ1) is 33.1. The standard InChI is InChI=1S/C36H32BrN6PS2/c1-38-35(45)42-40-34(28-22-24-29(37)25-23-28)33(27-14-6-2-7-15-27)41-43-36(46)39-26-44(30-16-8-3-9-17-30,31-18-10-4-11-19-31)32-20-12-5-13-21-32/h2-25H,26H2,1H3,(H3-,38,39,40,41,42,43,45,46)/p+1. The molecular weight excluding hydrogens is 691 g/mol. The molecule has 230 valence electrons. The summed E-state index contributed by atoms with van der Waals surface area (Å²) >= 11 is 14.7. The predicted molar refractivity (Wildman–Crippen MR) is 207 cm³/mol. The first-order valence-electron chi connectivity index (χ1n) is 14.5. The van der Waals surface area contributed by atoms with Gasteiger partial charge in [0.15, 0.2) is 10.2 Å². The molecule has 0 spiro atoms. The summed E-state index contributed by atoms with van der Waals surface area (Å²) in [5, 5.41) is 20.5. The fourth-order valence-electron chi connectivity index (χ4n) is 4.98. The molecule has 0 amide bonds. The molecule has 0 radical (unpaired) electrons. The van der Waals surface area contributed by atoms with Crippen molar-refractivity contribution in [3.8, 4) is 0 Å². The summed E-state index contributed by atoms with van der Waals surface area (Å²) in [6.45, 7) is 0. The van der Waals surface area contributed by atoms with E-state index in [2.05, 4.69) is 134 Å². The fraction of sp³-hybridized carbons (Fsp3) is 0.0556. The van der Waals surface area contributed by atoms with Gasteiger partial charge in [0.05, 0.1) is 0 Å². The molecule has 4 N–H and O–H groups in total. The molecule has 5 aromatic carbocycles. The van der Waals surface area contributed by atoms with Crippen molar-refractivity contribution in [1.82, 2.24) is 21.5 Å². The minimum atomic E-state index is -2.16. The van der Waals surface area contributed by atoms with Crippen molar-refractivity contribution < 1.29 is 0 Å². The summed E-state index contributed by atoms with van der Waals surface area (Å²) < 4.78 is 0.957. The maximum absolute atomic E-state index is 5.88. The van der Waals surface area contributed by atoms with E-state index in [1.54, 1.807) is 7.05 Å². The third-order valence-electron chi connectivity index (χ3n) is 7.22. The Morgan fingerprint density at radius 1 is 0.565 bits per heavy atom. The molecule has 0 aliphatic heterocycles. The van der Waals surface area contributed by atoms with Crippen molar-refractivity contribution in [1.29, 1.82) is 0 Å². The zero-order valence-electron chi connectivity index (χ0n) is 25.1. The number of halogens is 1. The molecule has 5 aromatic rings. The Morgan fingerprint density at radius 3 is 1.39 bits per heavy atom. The molecule has 0 fully saturated rings. The Labute approximate surface area is 289 Å². The van der Waals surface area contributed by atoms with Crippen LogP contribution in [0.2, 0.25) is 0 Å². The number of rotatable bonds is 10. The van der Waals surface area contributed by atoms with Crippen molar-refractivity contribution in [3.05, 3.63) is 161 Å². The zero-order chi connectivity index (χ0) is 32.2. The lowest BCUT2D eigenvalue weighted by Crippen LogP contribution is -2.42. The number of nitrogens with one attached hydrogen (secondary N) is 4. The molecule has 5 rings (SSSR count). The smallest absolute Gasteiger partial charge is 0.189 e. The maximum Gasteiger partial charge on any atom is 0.189 e. The van der Waals surface area contributed by atoms with E-state index >= 15 is 0 Å². The third kappa shape index (κ3) is 8.11. The molecule has 0 aliphatic carbocycles. The SMILES string of the molecule is CNC(=S)N/N=C(/C(=N/NC(=S)NC[P+](c1ccccc1)(c1ccccc1)c1ccccc1)c1ccccc1)c1ccc(Br)cc1. The fourth-order valence-corrected chi connectivity index (χ4v) is 9.40. The Bertz CT molecular complexity index is 1710. The summed E-state index contributed by atoms with van der Waals surface area (Å²) in [5.74, 6) is 0. The largest absolute Gasteiger partial charge is 0.364 e. The quantitative estimate of drug-likeness (QED) is 0.0608. The lowest BCUT2D eigenvalue weighted by molar-refractivity contribution is 0.958. The lowest BCUT2D eigenvalue weighted by Gasteiger charge is -2.28. The Morgan fingerprint density at radius 2 is 0.957 bits per heavy atom. The lowest BCUT2D eigenvalue weighted by atomic mass is 10.00. The van der Waals surface area contributed by atoms with Gasteiger partial charge in [-0.15, -0.1) is 0 Å². The highest BCUT2D eigenvalue weighted by atomic mass is 79.9. The second-order valence-corrected chi connectivity index (χ2v) is 15.3. The van der Waals surface area contributed by atoms with Crippen LogP contribution >= 0.6 is 47.6 Å². The highest BCUT2D eigenvalue weighted by Crippen LogP contribution is 2.54. The molecule has 0 aromatic heterocycles. The van der Waals surface area contributed by atoms with Gasteiger partial charge in [-0.25, -0.2) is 0 Å². The van der Waals surface area contributed by atoms with E-state index in [-0.39, 0.29) is 0 Å². The second kappa shape index (κ2) is 16.3. The normalized spacial score (nSPS) is 11.8. The maximum atomic E-state index is 5.88. The van der Waals surface area contributed by atoms with E-state index in [0.717, 1.165) is 15.6 Å². The minimum absolute atomic E-state index is 0.384. The van der Waals surface area contributed by atoms with Gasteiger partial charge in [0, 0.05) is 22.6 Å². The van der Waals surface area contributed by atoms with Crippen LogP contribution in [0, 0.1) is 0 Å². The van der Waals surface area contributed by atoms with Gasteiger partial charge in [0.1, 0.15) is 40.9 Å². The van der Waals surface area contributed by atoms with Gasteiger partial charge in [-0.1, -0.05) is 113 Å². The Kier molecular flexibility index (Phi) is 11.8. The first-order chi connectivity index (χ1) is 22.5. The van der Waals surface area contributed by atoms with Crippen molar-refractivity contribution in [2.45, 2.75) is 0 Å². The zero-order valence-corrected chi connectivity index (χ0v) is 29.2. The van der Waals surface area contributed by atoms with E-state index in [9.17, 15) is 0 Å². The average Bonchev–Trinajstić information content (AvgIpc) is 3.12. The summed E-state index contributed by atoms with van der Waals surface area (Å²) in [4.78, 5) is 0. The molecule has 0 bridgehead atoms. The van der Waals surface area contributed by atoms with Gasteiger partial charge in [0.2, 0.25) is 0 Å². The molecule has 0 saturated carbocycles. The van der Waals surface area contributed by atoms with E-state index < -0.39 is 7.26 Å². The second-order valence-electron chi connectivity index (χ2n) is 10.1. The monoisotopic (exact) mass is 723 g/mol. The van der Waals surface area contributed by atoms with Crippen LogP contribution in [0.4, 0.5) is 0 Å². The molecule has 0 heterocycles. The van der Waals surface area contributed by atoms with Crippen LogP contribution < -0.4 is 37.4 Å². The number of hydrogen-bond acceptors (Lipinski definition) is 4. The molecule has 0 aliphatic rings. The molecule has 6 nitrogen and oxygen atoms in total. The van der Waals surface area contributed by atoms with Crippen LogP contribution in [0.1, 0.15) is 11.1 Å². The van der Waals surface area contributed by atoms with Crippen LogP contribution in [0.15, 0.2) is 160 Å². The Hall–Kier alpha value is -4.27. The average molecular weight is 725 g/mol. The van der Waals surface area contributed by atoms with Crippen LogP contribution in [0.25, 0.3) is 0 Å². The van der Waals surface area contributed by atoms with Crippen LogP contribution in [-0.2, 0) is 0 Å². The van der Waals surface area contributed by atoms with Crippen LogP contribution in [-0.4, -0.2) is 35.0 Å². The highest BCUT2D eigenvalue weighted by Gasteiger charge is 2.45. The van der Waals surface area contributed by atoms with Gasteiger partial charge < -0.3 is 10.6 Å².